The quantitative estimate of drug-likeness (QED) is 0.723. The average molecular weight is 286 g/mol. The van der Waals surface area contributed by atoms with Crippen LogP contribution in [0.4, 0.5) is 0 Å². The summed E-state index contributed by atoms with van der Waals surface area (Å²) in [5.74, 6) is -0.00232. The van der Waals surface area contributed by atoms with Gasteiger partial charge in [0.05, 0.1) is 5.92 Å². The standard InChI is InChI=1S/C21H18O/c1-16-7-12-19(13-8-16)21(22)20-14-11-18(15-20)10-9-17-5-3-2-4-6-17/h2-15,20H,1H3/b10-9+/t20-/m0/s1. The summed E-state index contributed by atoms with van der Waals surface area (Å²) in [6.45, 7) is 2.02. The first-order valence-electron chi connectivity index (χ1n) is 7.46. The van der Waals surface area contributed by atoms with Gasteiger partial charge in [-0.25, -0.2) is 0 Å². The second-order valence-corrected chi connectivity index (χ2v) is 5.53. The van der Waals surface area contributed by atoms with Crippen molar-refractivity contribution < 1.29 is 4.79 Å². The molecule has 1 aliphatic carbocycles. The first-order valence-corrected chi connectivity index (χ1v) is 7.46. The minimum absolute atomic E-state index is 0.152. The van der Waals surface area contributed by atoms with Crippen LogP contribution in [0.5, 0.6) is 0 Å². The normalized spacial score (nSPS) is 17.0. The third-order valence-corrected chi connectivity index (χ3v) is 3.77. The Morgan fingerprint density at radius 1 is 0.955 bits per heavy atom. The maximum atomic E-state index is 12.5. The molecule has 0 saturated heterocycles. The summed E-state index contributed by atoms with van der Waals surface area (Å²) in [4.78, 5) is 12.5. The van der Waals surface area contributed by atoms with E-state index in [0.29, 0.717) is 0 Å². The summed E-state index contributed by atoms with van der Waals surface area (Å²) in [6.07, 6.45) is 10.1. The van der Waals surface area contributed by atoms with Crippen molar-refractivity contribution in [3.8, 4) is 0 Å². The molecule has 0 N–H and O–H groups in total. The Morgan fingerprint density at radius 2 is 1.68 bits per heavy atom. The Balaban J connectivity index is 1.72. The molecule has 1 aliphatic rings. The summed E-state index contributed by atoms with van der Waals surface area (Å²) >= 11 is 0. The Hall–Kier alpha value is -2.67. The van der Waals surface area contributed by atoms with Crippen LogP contribution in [-0.2, 0) is 0 Å². The van der Waals surface area contributed by atoms with Crippen LogP contribution in [0.2, 0.25) is 0 Å². The zero-order valence-corrected chi connectivity index (χ0v) is 12.6. The van der Waals surface area contributed by atoms with Crippen LogP contribution in [0.3, 0.4) is 0 Å². The van der Waals surface area contributed by atoms with E-state index in [4.69, 9.17) is 0 Å². The van der Waals surface area contributed by atoms with Gasteiger partial charge in [0.15, 0.2) is 5.78 Å². The zero-order valence-electron chi connectivity index (χ0n) is 12.6. The van der Waals surface area contributed by atoms with E-state index in [9.17, 15) is 4.79 Å². The van der Waals surface area contributed by atoms with Crippen molar-refractivity contribution in [3.63, 3.8) is 0 Å². The van der Waals surface area contributed by atoms with E-state index in [-0.39, 0.29) is 11.7 Å². The smallest absolute Gasteiger partial charge is 0.173 e. The number of carbonyl (C=O) groups excluding carboxylic acids is 1. The molecule has 3 rings (SSSR count). The summed E-state index contributed by atoms with van der Waals surface area (Å²) in [6, 6.07) is 17.9. The number of allylic oxidation sites excluding steroid dienone is 5. The molecule has 2 aromatic rings. The molecule has 0 spiro atoms. The lowest BCUT2D eigenvalue weighted by Crippen LogP contribution is -2.08. The first-order chi connectivity index (χ1) is 10.7. The Labute approximate surface area is 131 Å². The van der Waals surface area contributed by atoms with Crippen LogP contribution in [0.1, 0.15) is 21.5 Å². The monoisotopic (exact) mass is 286 g/mol. The second-order valence-electron chi connectivity index (χ2n) is 5.53. The van der Waals surface area contributed by atoms with Gasteiger partial charge in [-0.3, -0.25) is 4.79 Å². The van der Waals surface area contributed by atoms with Gasteiger partial charge in [-0.1, -0.05) is 90.5 Å². The molecule has 2 aromatic carbocycles. The van der Waals surface area contributed by atoms with Crippen molar-refractivity contribution in [3.05, 3.63) is 101 Å². The van der Waals surface area contributed by atoms with Crippen LogP contribution in [-0.4, -0.2) is 5.78 Å². The van der Waals surface area contributed by atoms with Gasteiger partial charge < -0.3 is 0 Å². The molecule has 0 radical (unpaired) electrons. The molecule has 0 unspecified atom stereocenters. The van der Waals surface area contributed by atoms with Gasteiger partial charge in [0, 0.05) is 5.56 Å². The van der Waals surface area contributed by atoms with Crippen LogP contribution in [0, 0.1) is 12.8 Å². The van der Waals surface area contributed by atoms with Crippen molar-refractivity contribution in [2.45, 2.75) is 6.92 Å². The number of ketones is 1. The van der Waals surface area contributed by atoms with Gasteiger partial charge >= 0.3 is 0 Å². The van der Waals surface area contributed by atoms with E-state index < -0.39 is 0 Å². The molecule has 22 heavy (non-hydrogen) atoms. The van der Waals surface area contributed by atoms with E-state index in [1.807, 2.05) is 73.7 Å². The number of aryl methyl sites for hydroxylation is 1. The third-order valence-electron chi connectivity index (χ3n) is 3.77. The lowest BCUT2D eigenvalue weighted by atomic mass is 9.98. The fourth-order valence-corrected chi connectivity index (χ4v) is 2.47. The molecular weight excluding hydrogens is 268 g/mol. The highest BCUT2D eigenvalue weighted by Crippen LogP contribution is 2.22. The molecule has 0 fully saturated rings. The Kier molecular flexibility index (Phi) is 4.15. The molecule has 0 heterocycles. The first kappa shape index (κ1) is 14.3. The van der Waals surface area contributed by atoms with Crippen molar-refractivity contribution in [2.75, 3.05) is 0 Å². The van der Waals surface area contributed by atoms with Crippen molar-refractivity contribution in [1.29, 1.82) is 0 Å². The molecule has 108 valence electrons. The fraction of sp³-hybridized carbons (Fsp3) is 0.0952. The number of benzene rings is 2. The van der Waals surface area contributed by atoms with Crippen molar-refractivity contribution >= 4 is 11.9 Å². The maximum Gasteiger partial charge on any atom is 0.173 e. The predicted molar refractivity (Wildman–Crippen MR) is 91.7 cm³/mol. The van der Waals surface area contributed by atoms with Crippen LogP contribution < -0.4 is 0 Å². The third kappa shape index (κ3) is 3.32. The van der Waals surface area contributed by atoms with E-state index in [2.05, 4.69) is 18.2 Å². The molecule has 1 atom stereocenters. The number of hydrogen-bond donors (Lipinski definition) is 0. The highest BCUT2D eigenvalue weighted by Gasteiger charge is 2.18. The number of carbonyl (C=O) groups is 1. The molecule has 0 saturated carbocycles. The van der Waals surface area contributed by atoms with E-state index in [1.165, 1.54) is 5.56 Å². The van der Waals surface area contributed by atoms with Gasteiger partial charge in [0.2, 0.25) is 0 Å². The van der Waals surface area contributed by atoms with Crippen LogP contribution in [0.25, 0.3) is 6.08 Å². The van der Waals surface area contributed by atoms with E-state index in [1.54, 1.807) is 0 Å². The topological polar surface area (TPSA) is 17.1 Å². The van der Waals surface area contributed by atoms with Crippen molar-refractivity contribution in [1.82, 2.24) is 0 Å². The summed E-state index contributed by atoms with van der Waals surface area (Å²) in [7, 11) is 0. The summed E-state index contributed by atoms with van der Waals surface area (Å²) in [5.41, 5.74) is 4.17. The SMILES string of the molecule is Cc1ccc(C(=O)[C@H]2C=CC(/C=C/c3ccccc3)=C2)cc1. The van der Waals surface area contributed by atoms with Gasteiger partial charge in [-0.15, -0.1) is 0 Å². The highest BCUT2D eigenvalue weighted by molar-refractivity contribution is 6.00. The van der Waals surface area contributed by atoms with Crippen LogP contribution in [0.15, 0.2) is 84.5 Å². The van der Waals surface area contributed by atoms with Gasteiger partial charge in [-0.05, 0) is 18.1 Å². The molecular formula is C21H18O. The number of Topliss-reactive ketones (excluding diaryl/α,β-unsaturated/α-hetero) is 1. The maximum absolute atomic E-state index is 12.5. The Morgan fingerprint density at radius 3 is 2.41 bits per heavy atom. The van der Waals surface area contributed by atoms with Gasteiger partial charge in [-0.2, -0.15) is 0 Å². The minimum Gasteiger partial charge on any atom is -0.293 e. The minimum atomic E-state index is -0.155. The van der Waals surface area contributed by atoms with Gasteiger partial charge in [0.1, 0.15) is 0 Å². The second kappa shape index (κ2) is 6.40. The molecule has 0 bridgehead atoms. The lowest BCUT2D eigenvalue weighted by molar-refractivity contribution is 0.0966. The number of hydrogen-bond acceptors (Lipinski definition) is 1. The largest absolute Gasteiger partial charge is 0.293 e. The Bertz CT molecular complexity index is 746. The highest BCUT2D eigenvalue weighted by atomic mass is 16.1. The van der Waals surface area contributed by atoms with E-state index >= 15 is 0 Å². The van der Waals surface area contributed by atoms with Crippen LogP contribution >= 0.6 is 0 Å². The lowest BCUT2D eigenvalue weighted by Gasteiger charge is -2.04. The van der Waals surface area contributed by atoms with Crippen molar-refractivity contribution in [2.24, 2.45) is 5.92 Å². The molecule has 1 nitrogen and oxygen atoms in total. The summed E-state index contributed by atoms with van der Waals surface area (Å²) in [5, 5.41) is 0. The zero-order chi connectivity index (χ0) is 15.4. The average Bonchev–Trinajstić information content (AvgIpc) is 3.03. The molecule has 1 heteroatoms. The summed E-state index contributed by atoms with van der Waals surface area (Å²) < 4.78 is 0. The molecule has 0 aromatic heterocycles. The van der Waals surface area contributed by atoms with E-state index in [0.717, 1.165) is 16.7 Å². The molecule has 0 aliphatic heterocycles. The molecule has 0 amide bonds. The van der Waals surface area contributed by atoms with Gasteiger partial charge in [0.25, 0.3) is 0 Å². The predicted octanol–water partition coefficient (Wildman–Crippen LogP) is 5.00. The fourth-order valence-electron chi connectivity index (χ4n) is 2.47. The number of rotatable bonds is 4.